The predicted octanol–water partition coefficient (Wildman–Crippen LogP) is 3.31. The lowest BCUT2D eigenvalue weighted by Crippen LogP contribution is -2.31. The van der Waals surface area contributed by atoms with Crippen molar-refractivity contribution in [1.29, 1.82) is 0 Å². The average Bonchev–Trinajstić information content (AvgIpc) is 3.09. The summed E-state index contributed by atoms with van der Waals surface area (Å²) in [6, 6.07) is 11.9. The number of rotatable bonds is 9. The summed E-state index contributed by atoms with van der Waals surface area (Å²) in [4.78, 5) is 61.9. The Balaban J connectivity index is 1.57. The summed E-state index contributed by atoms with van der Waals surface area (Å²) in [7, 11) is 0. The molecular formula is C23H20ClNO7S. The molecule has 2 aromatic carbocycles. The highest BCUT2D eigenvalue weighted by atomic mass is 35.5. The van der Waals surface area contributed by atoms with Crippen LogP contribution >= 0.6 is 23.4 Å². The first-order chi connectivity index (χ1) is 15.8. The second-order valence-corrected chi connectivity index (χ2v) is 8.56. The molecule has 1 saturated heterocycles. The van der Waals surface area contributed by atoms with Crippen molar-refractivity contribution in [3.8, 4) is 0 Å². The number of imide groups is 1. The van der Waals surface area contributed by atoms with Gasteiger partial charge in [-0.3, -0.25) is 19.2 Å². The Morgan fingerprint density at radius 2 is 1.64 bits per heavy atom. The Bertz CT molecular complexity index is 1070. The number of thioether (sulfide) groups is 1. The Morgan fingerprint density at radius 3 is 2.27 bits per heavy atom. The third-order valence-electron chi connectivity index (χ3n) is 4.67. The molecule has 1 fully saturated rings. The van der Waals surface area contributed by atoms with Gasteiger partial charge in [0.05, 0.1) is 28.9 Å². The van der Waals surface area contributed by atoms with Gasteiger partial charge < -0.3 is 9.47 Å². The van der Waals surface area contributed by atoms with Crippen LogP contribution in [0.1, 0.15) is 34.1 Å². The predicted molar refractivity (Wildman–Crippen MR) is 122 cm³/mol. The number of ether oxygens (including phenoxy) is 2. The second-order valence-electron chi connectivity index (χ2n) is 6.93. The SMILES string of the molecule is CCOC(=O)CSC1CC(=O)N(c2ccc(C(=O)OCC(=O)c3ccc(Cl)cc3)cc2)C1=O. The van der Waals surface area contributed by atoms with E-state index in [1.807, 2.05) is 0 Å². The van der Waals surface area contributed by atoms with Gasteiger partial charge in [0.2, 0.25) is 11.8 Å². The number of halogens is 1. The molecule has 33 heavy (non-hydrogen) atoms. The zero-order valence-corrected chi connectivity index (χ0v) is 19.2. The molecule has 2 amide bonds. The van der Waals surface area contributed by atoms with Gasteiger partial charge in [-0.25, -0.2) is 9.69 Å². The van der Waals surface area contributed by atoms with E-state index < -0.39 is 35.6 Å². The molecule has 1 aliphatic heterocycles. The van der Waals surface area contributed by atoms with Crippen molar-refractivity contribution in [2.75, 3.05) is 23.9 Å². The zero-order valence-electron chi connectivity index (χ0n) is 17.6. The van der Waals surface area contributed by atoms with E-state index in [4.69, 9.17) is 21.1 Å². The molecule has 0 saturated carbocycles. The summed E-state index contributed by atoms with van der Waals surface area (Å²) < 4.78 is 9.89. The van der Waals surface area contributed by atoms with E-state index in [1.54, 1.807) is 19.1 Å². The fourth-order valence-electron chi connectivity index (χ4n) is 3.06. The van der Waals surface area contributed by atoms with Crippen molar-refractivity contribution < 1.29 is 33.4 Å². The van der Waals surface area contributed by atoms with Gasteiger partial charge in [-0.2, -0.15) is 0 Å². The van der Waals surface area contributed by atoms with Crippen molar-refractivity contribution in [1.82, 2.24) is 0 Å². The molecule has 10 heteroatoms. The second kappa shape index (κ2) is 11.1. The van der Waals surface area contributed by atoms with Gasteiger partial charge in [-0.1, -0.05) is 11.6 Å². The largest absolute Gasteiger partial charge is 0.465 e. The first kappa shape index (κ1) is 24.5. The van der Waals surface area contributed by atoms with Gasteiger partial charge in [0.1, 0.15) is 0 Å². The number of hydrogen-bond donors (Lipinski definition) is 0. The Morgan fingerprint density at radius 1 is 1.00 bits per heavy atom. The highest BCUT2D eigenvalue weighted by Gasteiger charge is 2.40. The van der Waals surface area contributed by atoms with Gasteiger partial charge in [0.25, 0.3) is 0 Å². The number of carbonyl (C=O) groups excluding carboxylic acids is 5. The molecule has 1 atom stereocenters. The minimum atomic E-state index is -0.717. The minimum Gasteiger partial charge on any atom is -0.465 e. The summed E-state index contributed by atoms with van der Waals surface area (Å²) >= 11 is 6.85. The number of nitrogens with zero attached hydrogens (tertiary/aromatic N) is 1. The zero-order chi connectivity index (χ0) is 24.0. The van der Waals surface area contributed by atoms with Crippen LogP contribution in [0.4, 0.5) is 5.69 Å². The molecule has 0 radical (unpaired) electrons. The fraction of sp³-hybridized carbons (Fsp3) is 0.261. The number of esters is 2. The van der Waals surface area contributed by atoms with Crippen molar-refractivity contribution in [2.45, 2.75) is 18.6 Å². The minimum absolute atomic E-state index is 0.0229. The first-order valence-electron chi connectivity index (χ1n) is 10.00. The Labute approximate surface area is 199 Å². The van der Waals surface area contributed by atoms with Gasteiger partial charge in [-0.05, 0) is 55.5 Å². The number of ketones is 1. The molecule has 0 bridgehead atoms. The maximum atomic E-state index is 12.6. The lowest BCUT2D eigenvalue weighted by Gasteiger charge is -2.15. The van der Waals surface area contributed by atoms with Crippen molar-refractivity contribution in [3.05, 3.63) is 64.7 Å². The molecule has 0 spiro atoms. The number of anilines is 1. The van der Waals surface area contributed by atoms with Crippen LogP contribution in [0.15, 0.2) is 48.5 Å². The molecule has 2 aromatic rings. The van der Waals surface area contributed by atoms with Gasteiger partial charge in [-0.15, -0.1) is 11.8 Å². The van der Waals surface area contributed by atoms with Gasteiger partial charge >= 0.3 is 11.9 Å². The normalized spacial score (nSPS) is 15.5. The molecule has 0 aliphatic carbocycles. The summed E-state index contributed by atoms with van der Waals surface area (Å²) in [5.74, 6) is -2.39. The topological polar surface area (TPSA) is 107 Å². The molecule has 1 unspecified atom stereocenters. The summed E-state index contributed by atoms with van der Waals surface area (Å²) in [6.07, 6.45) is -0.0283. The van der Waals surface area contributed by atoms with Gasteiger partial charge in [0, 0.05) is 17.0 Å². The first-order valence-corrected chi connectivity index (χ1v) is 11.4. The van der Waals surface area contributed by atoms with Crippen LogP contribution in [0.25, 0.3) is 0 Å². The molecule has 1 heterocycles. The summed E-state index contributed by atoms with van der Waals surface area (Å²) in [5, 5.41) is -0.187. The van der Waals surface area contributed by atoms with Crippen LogP contribution < -0.4 is 4.90 Å². The van der Waals surface area contributed by atoms with E-state index in [1.165, 1.54) is 36.4 Å². The lowest BCUT2D eigenvalue weighted by atomic mass is 10.1. The standard InChI is InChI=1S/C23H20ClNO7S/c1-2-31-21(28)13-33-19-11-20(27)25(22(19)29)17-9-5-15(6-10-17)23(30)32-12-18(26)14-3-7-16(24)8-4-14/h3-10,19H,2,11-13H2,1H3. The number of amides is 2. The Hall–Kier alpha value is -3.17. The maximum absolute atomic E-state index is 12.6. The smallest absolute Gasteiger partial charge is 0.338 e. The lowest BCUT2D eigenvalue weighted by molar-refractivity contribution is -0.139. The van der Waals surface area contributed by atoms with E-state index in [9.17, 15) is 24.0 Å². The van der Waals surface area contributed by atoms with Crippen LogP contribution in [-0.4, -0.2) is 53.8 Å². The molecule has 3 rings (SSSR count). The summed E-state index contributed by atoms with van der Waals surface area (Å²) in [6.45, 7) is 1.49. The highest BCUT2D eigenvalue weighted by molar-refractivity contribution is 8.01. The van der Waals surface area contributed by atoms with Crippen LogP contribution in [0.5, 0.6) is 0 Å². The molecule has 1 aliphatic rings. The number of benzene rings is 2. The molecule has 0 N–H and O–H groups in total. The number of hydrogen-bond acceptors (Lipinski definition) is 8. The van der Waals surface area contributed by atoms with Crippen molar-refractivity contribution >= 4 is 58.6 Å². The van der Waals surface area contributed by atoms with E-state index in [-0.39, 0.29) is 30.1 Å². The van der Waals surface area contributed by atoms with Crippen LogP contribution in [0.2, 0.25) is 5.02 Å². The van der Waals surface area contributed by atoms with Crippen LogP contribution in [0.3, 0.4) is 0 Å². The highest BCUT2D eigenvalue weighted by Crippen LogP contribution is 2.30. The fourth-order valence-corrected chi connectivity index (χ4v) is 4.11. The van der Waals surface area contributed by atoms with E-state index in [0.717, 1.165) is 16.7 Å². The third kappa shape index (κ3) is 6.21. The van der Waals surface area contributed by atoms with Crippen LogP contribution in [0, 0.1) is 0 Å². The Kier molecular flexibility index (Phi) is 8.24. The van der Waals surface area contributed by atoms with Gasteiger partial charge in [0.15, 0.2) is 12.4 Å². The van der Waals surface area contributed by atoms with Crippen molar-refractivity contribution in [2.24, 2.45) is 0 Å². The quantitative estimate of drug-likeness (QED) is 0.300. The van der Waals surface area contributed by atoms with E-state index in [0.29, 0.717) is 16.3 Å². The molecule has 8 nitrogen and oxygen atoms in total. The van der Waals surface area contributed by atoms with Crippen LogP contribution in [-0.2, 0) is 23.9 Å². The van der Waals surface area contributed by atoms with E-state index in [2.05, 4.69) is 0 Å². The maximum Gasteiger partial charge on any atom is 0.338 e. The third-order valence-corrected chi connectivity index (χ3v) is 6.10. The molecular weight excluding hydrogens is 470 g/mol. The number of carbonyl (C=O) groups is 5. The van der Waals surface area contributed by atoms with E-state index >= 15 is 0 Å². The molecule has 0 aromatic heterocycles. The summed E-state index contributed by atoms with van der Waals surface area (Å²) in [5.41, 5.74) is 0.831. The van der Waals surface area contributed by atoms with Crippen molar-refractivity contribution in [3.63, 3.8) is 0 Å². The average molecular weight is 490 g/mol. The monoisotopic (exact) mass is 489 g/mol. The number of Topliss-reactive ketones (excluding diaryl/α,β-unsaturated/α-hetero) is 1. The molecule has 172 valence electrons.